The zero-order valence-electron chi connectivity index (χ0n) is 11.3. The molecule has 1 heterocycles. The molecule has 0 spiro atoms. The molecule has 0 radical (unpaired) electrons. The summed E-state index contributed by atoms with van der Waals surface area (Å²) in [6, 6.07) is 9.96. The number of nitrogens with one attached hydrogen (secondary N) is 1. The van der Waals surface area contributed by atoms with Crippen LogP contribution >= 0.6 is 11.6 Å². The van der Waals surface area contributed by atoms with E-state index < -0.39 is 18.0 Å². The lowest BCUT2D eigenvalue weighted by molar-refractivity contribution is -0.129. The highest BCUT2D eigenvalue weighted by atomic mass is 35.5. The second kappa shape index (κ2) is 6.95. The van der Waals surface area contributed by atoms with Crippen molar-refractivity contribution in [1.29, 1.82) is 0 Å². The molecule has 1 atom stereocenters. The van der Waals surface area contributed by atoms with E-state index >= 15 is 0 Å². The Morgan fingerprint density at radius 3 is 2.71 bits per heavy atom. The fourth-order valence-electron chi connectivity index (χ4n) is 1.64. The molecule has 1 aromatic heterocycles. The van der Waals surface area contributed by atoms with Crippen LogP contribution in [-0.4, -0.2) is 18.0 Å². The third-order valence-corrected chi connectivity index (χ3v) is 3.09. The first kappa shape index (κ1) is 15.1. The molecule has 0 aliphatic heterocycles. The van der Waals surface area contributed by atoms with Gasteiger partial charge in [-0.05, 0) is 31.2 Å². The smallest absolute Gasteiger partial charge is 0.340 e. The van der Waals surface area contributed by atoms with E-state index in [9.17, 15) is 9.59 Å². The van der Waals surface area contributed by atoms with E-state index in [-0.39, 0.29) is 17.1 Å². The fourth-order valence-corrected chi connectivity index (χ4v) is 1.85. The van der Waals surface area contributed by atoms with Crippen molar-refractivity contribution in [2.24, 2.45) is 0 Å². The molecule has 1 N–H and O–H groups in total. The van der Waals surface area contributed by atoms with Crippen molar-refractivity contribution >= 4 is 23.5 Å². The molecular formula is C15H14ClNO4. The number of carbonyl (C=O) groups is 2. The topological polar surface area (TPSA) is 68.5 Å². The zero-order valence-corrected chi connectivity index (χ0v) is 12.1. The molecule has 0 fully saturated rings. The van der Waals surface area contributed by atoms with E-state index in [0.29, 0.717) is 5.76 Å². The van der Waals surface area contributed by atoms with E-state index in [1.807, 2.05) is 0 Å². The molecule has 0 aliphatic carbocycles. The van der Waals surface area contributed by atoms with Gasteiger partial charge in [-0.15, -0.1) is 0 Å². The molecule has 2 aromatic rings. The number of ether oxygens (including phenoxy) is 1. The quantitative estimate of drug-likeness (QED) is 0.862. The van der Waals surface area contributed by atoms with Gasteiger partial charge < -0.3 is 14.5 Å². The number of carbonyl (C=O) groups excluding carboxylic acids is 2. The molecule has 6 heteroatoms. The highest BCUT2D eigenvalue weighted by molar-refractivity contribution is 6.33. The summed E-state index contributed by atoms with van der Waals surface area (Å²) in [4.78, 5) is 23.7. The third-order valence-electron chi connectivity index (χ3n) is 2.76. The van der Waals surface area contributed by atoms with Gasteiger partial charge in [-0.3, -0.25) is 4.79 Å². The monoisotopic (exact) mass is 307 g/mol. The number of hydrogen-bond donors (Lipinski definition) is 1. The Morgan fingerprint density at radius 2 is 2.05 bits per heavy atom. The Hall–Kier alpha value is -2.27. The lowest BCUT2D eigenvalue weighted by Gasteiger charge is -2.13. The summed E-state index contributed by atoms with van der Waals surface area (Å²) in [6.45, 7) is 1.73. The fraction of sp³-hybridized carbons (Fsp3) is 0.200. The summed E-state index contributed by atoms with van der Waals surface area (Å²) in [5.74, 6) is -0.430. The molecule has 5 nitrogen and oxygen atoms in total. The van der Waals surface area contributed by atoms with Gasteiger partial charge in [-0.25, -0.2) is 4.79 Å². The van der Waals surface area contributed by atoms with Crippen LogP contribution in [0.1, 0.15) is 23.0 Å². The molecule has 0 saturated carbocycles. The molecule has 110 valence electrons. The zero-order chi connectivity index (χ0) is 15.2. The minimum atomic E-state index is -0.927. The largest absolute Gasteiger partial charge is 0.467 e. The molecule has 21 heavy (non-hydrogen) atoms. The number of amides is 1. The summed E-state index contributed by atoms with van der Waals surface area (Å²) in [6.07, 6.45) is 0.589. The maximum absolute atomic E-state index is 11.9. The van der Waals surface area contributed by atoms with E-state index in [4.69, 9.17) is 20.8 Å². The Morgan fingerprint density at radius 1 is 1.29 bits per heavy atom. The number of halogens is 1. The maximum Gasteiger partial charge on any atom is 0.340 e. The van der Waals surface area contributed by atoms with Gasteiger partial charge in [0.1, 0.15) is 5.76 Å². The minimum Gasteiger partial charge on any atom is -0.467 e. The van der Waals surface area contributed by atoms with E-state index in [2.05, 4.69) is 5.32 Å². The Balaban J connectivity index is 1.88. The van der Waals surface area contributed by atoms with Gasteiger partial charge in [0.2, 0.25) is 0 Å². The van der Waals surface area contributed by atoms with Crippen LogP contribution in [0.3, 0.4) is 0 Å². The van der Waals surface area contributed by atoms with Crippen molar-refractivity contribution in [3.63, 3.8) is 0 Å². The molecule has 1 aromatic carbocycles. The molecular weight excluding hydrogens is 294 g/mol. The Labute approximate surface area is 126 Å². The van der Waals surface area contributed by atoms with Crippen LogP contribution in [0.25, 0.3) is 0 Å². The molecule has 0 saturated heterocycles. The lowest BCUT2D eigenvalue weighted by Crippen LogP contribution is -2.35. The van der Waals surface area contributed by atoms with Crippen LogP contribution in [0, 0.1) is 0 Å². The predicted octanol–water partition coefficient (Wildman–Crippen LogP) is 2.79. The molecule has 0 unspecified atom stereocenters. The van der Waals surface area contributed by atoms with Gasteiger partial charge in [0.15, 0.2) is 6.10 Å². The standard InChI is InChI=1S/C15H14ClNO4/c1-10(14(18)17-9-11-5-4-8-20-11)21-15(19)12-6-2-3-7-13(12)16/h2-8,10H,9H2,1H3,(H,17,18)/t10-/m0/s1. The van der Waals surface area contributed by atoms with E-state index in [0.717, 1.165) is 0 Å². The molecule has 2 rings (SSSR count). The number of furan rings is 1. The maximum atomic E-state index is 11.9. The summed E-state index contributed by atoms with van der Waals surface area (Å²) < 4.78 is 10.2. The van der Waals surface area contributed by atoms with Gasteiger partial charge in [0.05, 0.1) is 23.4 Å². The normalized spacial score (nSPS) is 11.7. The first-order valence-corrected chi connectivity index (χ1v) is 6.71. The van der Waals surface area contributed by atoms with Crippen molar-refractivity contribution in [2.75, 3.05) is 0 Å². The van der Waals surface area contributed by atoms with Crippen LogP contribution in [0.2, 0.25) is 5.02 Å². The Kier molecular flexibility index (Phi) is 5.00. The first-order valence-electron chi connectivity index (χ1n) is 6.33. The van der Waals surface area contributed by atoms with Gasteiger partial charge in [0, 0.05) is 0 Å². The number of hydrogen-bond acceptors (Lipinski definition) is 4. The second-order valence-corrected chi connectivity index (χ2v) is 4.73. The van der Waals surface area contributed by atoms with Crippen molar-refractivity contribution in [1.82, 2.24) is 5.32 Å². The minimum absolute atomic E-state index is 0.227. The van der Waals surface area contributed by atoms with Crippen LogP contribution in [0.15, 0.2) is 47.1 Å². The molecule has 1 amide bonds. The Bertz CT molecular complexity index is 624. The summed E-state index contributed by atoms with van der Waals surface area (Å²) in [5, 5.41) is 2.90. The van der Waals surface area contributed by atoms with Crippen LogP contribution < -0.4 is 5.32 Å². The average Bonchev–Trinajstić information content (AvgIpc) is 2.98. The lowest BCUT2D eigenvalue weighted by atomic mass is 10.2. The van der Waals surface area contributed by atoms with Crippen molar-refractivity contribution in [2.45, 2.75) is 19.6 Å². The average molecular weight is 308 g/mol. The second-order valence-electron chi connectivity index (χ2n) is 4.32. The van der Waals surface area contributed by atoms with E-state index in [1.54, 1.807) is 30.3 Å². The van der Waals surface area contributed by atoms with Gasteiger partial charge in [0.25, 0.3) is 5.91 Å². The van der Waals surface area contributed by atoms with Crippen LogP contribution in [-0.2, 0) is 16.1 Å². The predicted molar refractivity (Wildman–Crippen MR) is 76.9 cm³/mol. The van der Waals surface area contributed by atoms with Crippen LogP contribution in [0.5, 0.6) is 0 Å². The summed E-state index contributed by atoms with van der Waals surface area (Å²) in [7, 11) is 0. The van der Waals surface area contributed by atoms with Gasteiger partial charge >= 0.3 is 5.97 Å². The molecule has 0 bridgehead atoms. The first-order chi connectivity index (χ1) is 10.1. The summed E-state index contributed by atoms with van der Waals surface area (Å²) in [5.41, 5.74) is 0.227. The number of rotatable bonds is 5. The van der Waals surface area contributed by atoms with E-state index in [1.165, 1.54) is 19.3 Å². The number of esters is 1. The SMILES string of the molecule is C[C@H](OC(=O)c1ccccc1Cl)C(=O)NCc1ccco1. The summed E-state index contributed by atoms with van der Waals surface area (Å²) >= 11 is 5.90. The van der Waals surface area contributed by atoms with Crippen molar-refractivity contribution < 1.29 is 18.7 Å². The number of benzene rings is 1. The van der Waals surface area contributed by atoms with Crippen molar-refractivity contribution in [3.8, 4) is 0 Å². The van der Waals surface area contributed by atoms with Gasteiger partial charge in [-0.1, -0.05) is 23.7 Å². The van der Waals surface area contributed by atoms with Gasteiger partial charge in [-0.2, -0.15) is 0 Å². The van der Waals surface area contributed by atoms with Crippen LogP contribution in [0.4, 0.5) is 0 Å². The third kappa shape index (κ3) is 4.10. The van der Waals surface area contributed by atoms with Crippen molar-refractivity contribution in [3.05, 3.63) is 59.0 Å². The highest BCUT2D eigenvalue weighted by Gasteiger charge is 2.20. The highest BCUT2D eigenvalue weighted by Crippen LogP contribution is 2.16. The molecule has 0 aliphatic rings.